The highest BCUT2D eigenvalue weighted by molar-refractivity contribution is 6.15. The smallest absolute Gasteiger partial charge is 0.406 e. The number of fused-ring (bicyclic) bond motifs is 1. The van der Waals surface area contributed by atoms with Crippen LogP contribution in [0.5, 0.6) is 0 Å². The molecular formula is C8H6ClN3O4. The van der Waals surface area contributed by atoms with Crippen molar-refractivity contribution in [2.45, 2.75) is 12.9 Å². The first-order valence-electron chi connectivity index (χ1n) is 4.26. The predicted molar refractivity (Wildman–Crippen MR) is 55.5 cm³/mol. The van der Waals surface area contributed by atoms with E-state index in [0.717, 1.165) is 4.57 Å². The van der Waals surface area contributed by atoms with E-state index in [2.05, 4.69) is 4.98 Å². The minimum atomic E-state index is -0.683. The molecule has 2 rings (SSSR count). The molecule has 0 aliphatic carbocycles. The van der Waals surface area contributed by atoms with Gasteiger partial charge in [-0.3, -0.25) is 10.1 Å². The summed E-state index contributed by atoms with van der Waals surface area (Å²) in [4.78, 5) is 25.3. The number of hydrogen-bond acceptors (Lipinski definition) is 5. The third-order valence-electron chi connectivity index (χ3n) is 2.12. The highest BCUT2D eigenvalue weighted by atomic mass is 35.5. The average molecular weight is 244 g/mol. The largest absolute Gasteiger partial charge is 0.422 e. The molecule has 2 aromatic heterocycles. The van der Waals surface area contributed by atoms with Gasteiger partial charge in [-0.25, -0.2) is 14.3 Å². The van der Waals surface area contributed by atoms with Crippen molar-refractivity contribution in [2.75, 3.05) is 0 Å². The molecule has 0 aliphatic rings. The Bertz CT molecular complexity index is 630. The summed E-state index contributed by atoms with van der Waals surface area (Å²) in [6.07, 6.45) is 0. The van der Waals surface area contributed by atoms with Gasteiger partial charge in [-0.15, -0.1) is 11.6 Å². The standard InChI is InChI=1S/C8H6ClN3O4/c1-4-5(12(14)15)2-6-7(10-4)11(3-9)8(13)16-6/h2H,3H2,1H3. The van der Waals surface area contributed by atoms with E-state index in [0.29, 0.717) is 0 Å². The van der Waals surface area contributed by atoms with E-state index in [4.69, 9.17) is 16.0 Å². The number of pyridine rings is 1. The molecule has 0 spiro atoms. The molecule has 0 fully saturated rings. The average Bonchev–Trinajstić information content (AvgIpc) is 2.51. The van der Waals surface area contributed by atoms with Crippen LogP contribution in [0, 0.1) is 17.0 Å². The van der Waals surface area contributed by atoms with Gasteiger partial charge in [-0.1, -0.05) is 0 Å². The number of aryl methyl sites for hydroxylation is 1. The van der Waals surface area contributed by atoms with Crippen LogP contribution in [0.2, 0.25) is 0 Å². The Morgan fingerprint density at radius 1 is 1.69 bits per heavy atom. The number of rotatable bonds is 2. The topological polar surface area (TPSA) is 91.2 Å². The molecule has 0 atom stereocenters. The lowest BCUT2D eigenvalue weighted by atomic mass is 10.3. The molecule has 2 heterocycles. The second kappa shape index (κ2) is 3.60. The van der Waals surface area contributed by atoms with E-state index in [1.54, 1.807) is 0 Å². The maximum absolute atomic E-state index is 11.3. The fourth-order valence-electron chi connectivity index (χ4n) is 1.36. The first-order valence-corrected chi connectivity index (χ1v) is 4.79. The Morgan fingerprint density at radius 3 is 2.94 bits per heavy atom. The molecule has 0 saturated carbocycles. The van der Waals surface area contributed by atoms with Crippen LogP contribution in [-0.4, -0.2) is 14.5 Å². The van der Waals surface area contributed by atoms with E-state index in [-0.39, 0.29) is 28.6 Å². The molecule has 84 valence electrons. The van der Waals surface area contributed by atoms with Crippen molar-refractivity contribution in [1.82, 2.24) is 9.55 Å². The number of alkyl halides is 1. The van der Waals surface area contributed by atoms with E-state index < -0.39 is 10.7 Å². The molecular weight excluding hydrogens is 238 g/mol. The summed E-state index contributed by atoms with van der Waals surface area (Å²) >= 11 is 5.54. The zero-order chi connectivity index (χ0) is 11.9. The first-order chi connectivity index (χ1) is 7.54. The zero-order valence-corrected chi connectivity index (χ0v) is 8.89. The van der Waals surface area contributed by atoms with Gasteiger partial charge in [0.05, 0.1) is 11.0 Å². The van der Waals surface area contributed by atoms with Crippen LogP contribution in [0.4, 0.5) is 5.69 Å². The summed E-state index contributed by atoms with van der Waals surface area (Å²) in [5, 5.41) is 10.6. The van der Waals surface area contributed by atoms with Crippen LogP contribution in [0.1, 0.15) is 5.69 Å². The monoisotopic (exact) mass is 243 g/mol. The molecule has 8 heteroatoms. The first kappa shape index (κ1) is 10.6. The van der Waals surface area contributed by atoms with Gasteiger partial charge in [0.15, 0.2) is 11.2 Å². The lowest BCUT2D eigenvalue weighted by molar-refractivity contribution is -0.385. The molecule has 7 nitrogen and oxygen atoms in total. The van der Waals surface area contributed by atoms with Crippen molar-refractivity contribution < 1.29 is 9.34 Å². The van der Waals surface area contributed by atoms with Gasteiger partial charge < -0.3 is 4.42 Å². The number of halogens is 1. The van der Waals surface area contributed by atoms with Gasteiger partial charge in [-0.05, 0) is 6.92 Å². The Balaban J connectivity index is 2.84. The van der Waals surface area contributed by atoms with Crippen LogP contribution >= 0.6 is 11.6 Å². The van der Waals surface area contributed by atoms with Crippen molar-refractivity contribution in [1.29, 1.82) is 0 Å². The van der Waals surface area contributed by atoms with Crippen LogP contribution in [0.15, 0.2) is 15.3 Å². The van der Waals surface area contributed by atoms with Crippen LogP contribution in [0.3, 0.4) is 0 Å². The Labute approximate surface area is 93.4 Å². The van der Waals surface area contributed by atoms with Crippen molar-refractivity contribution in [3.05, 3.63) is 32.4 Å². The normalized spacial score (nSPS) is 10.9. The van der Waals surface area contributed by atoms with Gasteiger partial charge >= 0.3 is 5.76 Å². The molecule has 0 aliphatic heterocycles. The van der Waals surface area contributed by atoms with Crippen LogP contribution in [-0.2, 0) is 6.00 Å². The zero-order valence-electron chi connectivity index (χ0n) is 8.14. The Hall–Kier alpha value is -1.89. The molecule has 0 N–H and O–H groups in total. The molecule has 0 aromatic carbocycles. The van der Waals surface area contributed by atoms with E-state index >= 15 is 0 Å². The summed E-state index contributed by atoms with van der Waals surface area (Å²) in [6.45, 7) is 1.48. The van der Waals surface area contributed by atoms with Crippen molar-refractivity contribution in [3.8, 4) is 0 Å². The molecule has 0 unspecified atom stereocenters. The van der Waals surface area contributed by atoms with Crippen molar-refractivity contribution in [2.24, 2.45) is 0 Å². The van der Waals surface area contributed by atoms with E-state index in [1.165, 1.54) is 13.0 Å². The summed E-state index contributed by atoms with van der Waals surface area (Å²) < 4.78 is 5.88. The molecule has 16 heavy (non-hydrogen) atoms. The van der Waals surface area contributed by atoms with Gasteiger partial charge in [0.2, 0.25) is 0 Å². The lowest BCUT2D eigenvalue weighted by Crippen LogP contribution is -2.11. The van der Waals surface area contributed by atoms with Gasteiger partial charge in [0.1, 0.15) is 11.7 Å². The van der Waals surface area contributed by atoms with Crippen LogP contribution in [0.25, 0.3) is 11.2 Å². The third-order valence-corrected chi connectivity index (χ3v) is 2.36. The summed E-state index contributed by atoms with van der Waals surface area (Å²) in [5.74, 6) is -0.683. The van der Waals surface area contributed by atoms with E-state index in [9.17, 15) is 14.9 Å². The lowest BCUT2D eigenvalue weighted by Gasteiger charge is -1.97. The third kappa shape index (κ3) is 1.45. The highest BCUT2D eigenvalue weighted by Crippen LogP contribution is 2.21. The minimum absolute atomic E-state index is 0.0583. The quantitative estimate of drug-likeness (QED) is 0.452. The minimum Gasteiger partial charge on any atom is -0.406 e. The van der Waals surface area contributed by atoms with E-state index in [1.807, 2.05) is 0 Å². The fraction of sp³-hybridized carbons (Fsp3) is 0.250. The number of oxazole rings is 1. The van der Waals surface area contributed by atoms with Gasteiger partial charge in [0, 0.05) is 0 Å². The van der Waals surface area contributed by atoms with Gasteiger partial charge in [0.25, 0.3) is 5.69 Å². The number of aromatic nitrogens is 2. The Morgan fingerprint density at radius 2 is 2.38 bits per heavy atom. The van der Waals surface area contributed by atoms with Gasteiger partial charge in [-0.2, -0.15) is 0 Å². The SMILES string of the molecule is Cc1nc2c(cc1[N+](=O)[O-])oc(=O)n2CCl. The molecule has 2 aromatic rings. The maximum atomic E-state index is 11.3. The highest BCUT2D eigenvalue weighted by Gasteiger charge is 2.18. The van der Waals surface area contributed by atoms with Crippen molar-refractivity contribution >= 4 is 28.5 Å². The number of nitro groups is 1. The van der Waals surface area contributed by atoms with Crippen molar-refractivity contribution in [3.63, 3.8) is 0 Å². The number of nitrogens with zero attached hydrogens (tertiary/aromatic N) is 3. The molecule has 0 saturated heterocycles. The molecule has 0 bridgehead atoms. The maximum Gasteiger partial charge on any atom is 0.422 e. The Kier molecular flexibility index (Phi) is 2.39. The second-order valence-corrected chi connectivity index (χ2v) is 3.33. The predicted octanol–water partition coefficient (Wildman–Crippen LogP) is 1.40. The number of hydrogen-bond donors (Lipinski definition) is 0. The van der Waals surface area contributed by atoms with Crippen LogP contribution < -0.4 is 5.76 Å². The second-order valence-electron chi connectivity index (χ2n) is 3.09. The molecule has 0 radical (unpaired) electrons. The summed E-state index contributed by atoms with van der Waals surface area (Å²) in [7, 11) is 0. The summed E-state index contributed by atoms with van der Waals surface area (Å²) in [6, 6.07) is 1.05. The fourth-order valence-corrected chi connectivity index (χ4v) is 1.57. The molecule has 0 amide bonds. The summed E-state index contributed by atoms with van der Waals surface area (Å²) in [5.41, 5.74) is 0.284.